The molecule has 0 amide bonds. The highest BCUT2D eigenvalue weighted by atomic mass is 32.1. The van der Waals surface area contributed by atoms with E-state index in [1.165, 1.54) is 23.5 Å². The second kappa shape index (κ2) is 8.42. The molecule has 29 heavy (non-hydrogen) atoms. The molecule has 5 nitrogen and oxygen atoms in total. The average molecular weight is 399 g/mol. The van der Waals surface area contributed by atoms with E-state index in [9.17, 15) is 4.39 Å². The molecule has 0 saturated heterocycles. The maximum atomic E-state index is 13.3. The first-order valence-corrected chi connectivity index (χ1v) is 9.57. The Morgan fingerprint density at radius 1 is 1.07 bits per heavy atom. The molecule has 140 valence electrons. The highest BCUT2D eigenvalue weighted by Gasteiger charge is 2.08. The predicted octanol–water partition coefficient (Wildman–Crippen LogP) is 4.74. The van der Waals surface area contributed by atoms with Crippen molar-refractivity contribution in [2.75, 3.05) is 0 Å². The van der Waals surface area contributed by atoms with Gasteiger partial charge >= 0.3 is 0 Å². The number of thiazole rings is 1. The summed E-state index contributed by atoms with van der Waals surface area (Å²) < 4.78 is 15.1. The molecule has 0 N–H and O–H groups in total. The number of nitrogens with zero attached hydrogens (tertiary/aromatic N) is 5. The van der Waals surface area contributed by atoms with Gasteiger partial charge in [-0.1, -0.05) is 12.1 Å². The Bertz CT molecular complexity index is 1250. The third-order valence-electron chi connectivity index (χ3n) is 4.06. The van der Waals surface area contributed by atoms with Gasteiger partial charge in [-0.3, -0.25) is 4.98 Å². The van der Waals surface area contributed by atoms with Gasteiger partial charge in [-0.05, 0) is 54.1 Å². The molecule has 0 radical (unpaired) electrons. The molecule has 0 saturated carbocycles. The lowest BCUT2D eigenvalue weighted by atomic mass is 10.2. The van der Waals surface area contributed by atoms with Crippen molar-refractivity contribution in [1.29, 1.82) is 5.26 Å². The molecule has 0 atom stereocenters. The summed E-state index contributed by atoms with van der Waals surface area (Å²) >= 11 is 1.43. The normalized spacial score (nSPS) is 11.7. The van der Waals surface area contributed by atoms with Gasteiger partial charge in [0, 0.05) is 17.1 Å². The minimum absolute atomic E-state index is 0.295. The molecule has 0 bridgehead atoms. The molecule has 0 aliphatic rings. The zero-order valence-corrected chi connectivity index (χ0v) is 15.9. The lowest BCUT2D eigenvalue weighted by Crippen LogP contribution is -2.11. The topological polar surface area (TPSA) is 66.3 Å². The van der Waals surface area contributed by atoms with E-state index >= 15 is 0 Å². The summed E-state index contributed by atoms with van der Waals surface area (Å²) in [5.41, 5.74) is 3.77. The SMILES string of the molecule is N#Cc1ccc(/C=N\n2c(-c3ccc(F)cc3)csc2=Nc2cccnc2)cc1. The Balaban J connectivity index is 1.80. The zero-order valence-electron chi connectivity index (χ0n) is 15.1. The van der Waals surface area contributed by atoms with Gasteiger partial charge in [0.2, 0.25) is 4.80 Å². The van der Waals surface area contributed by atoms with E-state index in [0.717, 1.165) is 16.8 Å². The zero-order chi connectivity index (χ0) is 20.1. The Morgan fingerprint density at radius 3 is 2.55 bits per heavy atom. The van der Waals surface area contributed by atoms with Crippen LogP contribution in [0.4, 0.5) is 10.1 Å². The molecule has 2 aromatic carbocycles. The van der Waals surface area contributed by atoms with Crippen LogP contribution in [-0.2, 0) is 0 Å². The van der Waals surface area contributed by atoms with Gasteiger partial charge in [-0.25, -0.2) is 14.1 Å². The van der Waals surface area contributed by atoms with E-state index in [4.69, 9.17) is 5.26 Å². The Hall–Kier alpha value is -3.89. The maximum absolute atomic E-state index is 13.3. The van der Waals surface area contributed by atoms with Crippen LogP contribution < -0.4 is 4.80 Å². The molecule has 4 aromatic rings. The van der Waals surface area contributed by atoms with Crippen LogP contribution in [0.2, 0.25) is 0 Å². The number of rotatable bonds is 4. The van der Waals surface area contributed by atoms with Crippen LogP contribution in [0.15, 0.2) is 88.5 Å². The summed E-state index contributed by atoms with van der Waals surface area (Å²) in [6.07, 6.45) is 5.06. The molecule has 0 fully saturated rings. The molecule has 0 unspecified atom stereocenters. The van der Waals surface area contributed by atoms with Gasteiger partial charge in [0.25, 0.3) is 0 Å². The summed E-state index contributed by atoms with van der Waals surface area (Å²) in [5, 5.41) is 15.5. The fourth-order valence-corrected chi connectivity index (χ4v) is 3.46. The molecule has 7 heteroatoms. The molecule has 4 rings (SSSR count). The number of hydrogen-bond acceptors (Lipinski definition) is 5. The van der Waals surface area contributed by atoms with Crippen molar-refractivity contribution in [3.8, 4) is 17.3 Å². The summed E-state index contributed by atoms with van der Waals surface area (Å²) in [6.45, 7) is 0. The van der Waals surface area contributed by atoms with Gasteiger partial charge in [0.05, 0.1) is 35.4 Å². The number of aromatic nitrogens is 2. The molecule has 0 spiro atoms. The number of nitriles is 1. The highest BCUT2D eigenvalue weighted by molar-refractivity contribution is 7.07. The number of halogens is 1. The van der Waals surface area contributed by atoms with Crippen LogP contribution in [0.1, 0.15) is 11.1 Å². The Kier molecular flexibility index (Phi) is 5.36. The van der Waals surface area contributed by atoms with Crippen molar-refractivity contribution in [3.05, 3.63) is 100 Å². The average Bonchev–Trinajstić information content (AvgIpc) is 3.16. The fourth-order valence-electron chi connectivity index (χ4n) is 2.61. The predicted molar refractivity (Wildman–Crippen MR) is 111 cm³/mol. The summed E-state index contributed by atoms with van der Waals surface area (Å²) in [5.74, 6) is -0.295. The maximum Gasteiger partial charge on any atom is 0.211 e. The first-order valence-electron chi connectivity index (χ1n) is 8.69. The second-order valence-corrected chi connectivity index (χ2v) is 6.86. The lowest BCUT2D eigenvalue weighted by Gasteiger charge is -2.04. The van der Waals surface area contributed by atoms with Crippen molar-refractivity contribution in [1.82, 2.24) is 9.66 Å². The molecule has 0 aliphatic heterocycles. The minimum Gasteiger partial charge on any atom is -0.262 e. The third-order valence-corrected chi connectivity index (χ3v) is 4.87. The van der Waals surface area contributed by atoms with Gasteiger partial charge in [-0.2, -0.15) is 10.4 Å². The lowest BCUT2D eigenvalue weighted by molar-refractivity contribution is 0.628. The summed E-state index contributed by atoms with van der Waals surface area (Å²) in [4.78, 5) is 9.38. The van der Waals surface area contributed by atoms with E-state index < -0.39 is 0 Å². The van der Waals surface area contributed by atoms with Crippen molar-refractivity contribution < 1.29 is 4.39 Å². The van der Waals surface area contributed by atoms with Crippen LogP contribution in [0.5, 0.6) is 0 Å². The molecular weight excluding hydrogens is 385 g/mol. The van der Waals surface area contributed by atoms with Gasteiger partial charge in [0.15, 0.2) is 0 Å². The second-order valence-electron chi connectivity index (χ2n) is 6.02. The standard InChI is InChI=1S/C22H14FN5S/c23-19-9-7-18(8-10-19)21-15-29-22(27-20-2-1-11-25-14-20)28(21)26-13-17-5-3-16(12-24)4-6-17/h1-11,13-15H/b26-13-,27-22?. The van der Waals surface area contributed by atoms with Crippen LogP contribution in [0.3, 0.4) is 0 Å². The number of pyridine rings is 1. The summed E-state index contributed by atoms with van der Waals surface area (Å²) in [7, 11) is 0. The quantitative estimate of drug-likeness (QED) is 0.465. The Morgan fingerprint density at radius 2 is 1.86 bits per heavy atom. The monoisotopic (exact) mass is 399 g/mol. The molecule has 0 aliphatic carbocycles. The smallest absolute Gasteiger partial charge is 0.211 e. The number of hydrogen-bond donors (Lipinski definition) is 0. The highest BCUT2D eigenvalue weighted by Crippen LogP contribution is 2.21. The Labute approximate surface area is 170 Å². The van der Waals surface area contributed by atoms with E-state index in [1.807, 2.05) is 29.6 Å². The largest absolute Gasteiger partial charge is 0.262 e. The number of benzene rings is 2. The van der Waals surface area contributed by atoms with Crippen LogP contribution in [0, 0.1) is 17.1 Å². The van der Waals surface area contributed by atoms with E-state index in [0.29, 0.717) is 16.1 Å². The van der Waals surface area contributed by atoms with Crippen molar-refractivity contribution in [3.63, 3.8) is 0 Å². The van der Waals surface area contributed by atoms with Crippen molar-refractivity contribution in [2.45, 2.75) is 0 Å². The van der Waals surface area contributed by atoms with Crippen LogP contribution in [-0.4, -0.2) is 15.9 Å². The van der Waals surface area contributed by atoms with E-state index in [2.05, 4.69) is 21.1 Å². The fraction of sp³-hybridized carbons (Fsp3) is 0. The molecule has 2 aromatic heterocycles. The minimum atomic E-state index is -0.295. The van der Waals surface area contributed by atoms with E-state index in [1.54, 1.807) is 47.5 Å². The first-order chi connectivity index (χ1) is 14.2. The van der Waals surface area contributed by atoms with Crippen molar-refractivity contribution in [2.24, 2.45) is 10.1 Å². The van der Waals surface area contributed by atoms with Gasteiger partial charge in [-0.15, -0.1) is 11.3 Å². The van der Waals surface area contributed by atoms with Gasteiger partial charge < -0.3 is 0 Å². The van der Waals surface area contributed by atoms with Gasteiger partial charge in [0.1, 0.15) is 5.82 Å². The third kappa shape index (κ3) is 4.34. The van der Waals surface area contributed by atoms with Crippen LogP contribution >= 0.6 is 11.3 Å². The van der Waals surface area contributed by atoms with Crippen LogP contribution in [0.25, 0.3) is 11.3 Å². The van der Waals surface area contributed by atoms with E-state index in [-0.39, 0.29) is 5.82 Å². The van der Waals surface area contributed by atoms with Crippen molar-refractivity contribution >= 4 is 23.2 Å². The summed E-state index contributed by atoms with van der Waals surface area (Å²) in [6, 6.07) is 19.1. The molecule has 2 heterocycles. The first kappa shape index (κ1) is 18.5. The molecular formula is C22H14FN5S.